The van der Waals surface area contributed by atoms with Gasteiger partial charge in [0.05, 0.1) is 16.9 Å². The molecule has 0 aromatic heterocycles. The summed E-state index contributed by atoms with van der Waals surface area (Å²) >= 11 is 0. The number of nitrogens with zero attached hydrogens (tertiary/aromatic N) is 3. The number of ether oxygens (including phenoxy) is 1. The molecule has 0 atom stereocenters. The third-order valence-electron chi connectivity index (χ3n) is 6.79. The summed E-state index contributed by atoms with van der Waals surface area (Å²) in [6.07, 6.45) is -0.428. The van der Waals surface area contributed by atoms with Gasteiger partial charge < -0.3 is 25.2 Å². The number of urea groups is 1. The van der Waals surface area contributed by atoms with Crippen LogP contribution in [0.5, 0.6) is 0 Å². The van der Waals surface area contributed by atoms with Crippen LogP contribution in [0.25, 0.3) is 0 Å². The van der Waals surface area contributed by atoms with Crippen molar-refractivity contribution in [3.05, 3.63) is 83.9 Å². The SMILES string of the molecule is COC(=O)N1CCN(/C(=N\C(C)=O)c2cccc(NC(=O)Nc3ccc(S(=O)(=O)NCc4ccc(S(N)(=O)=O)cc4)cc3)c2)CC1. The Labute approximate surface area is 266 Å². The summed E-state index contributed by atoms with van der Waals surface area (Å²) in [5, 5.41) is 10.4. The van der Waals surface area contributed by atoms with Gasteiger partial charge in [0.2, 0.25) is 26.0 Å². The lowest BCUT2D eigenvalue weighted by Crippen LogP contribution is -2.51. The number of nitrogens with one attached hydrogen (secondary N) is 3. The van der Waals surface area contributed by atoms with E-state index in [1.54, 1.807) is 29.2 Å². The van der Waals surface area contributed by atoms with Gasteiger partial charge in [0.25, 0.3) is 0 Å². The summed E-state index contributed by atoms with van der Waals surface area (Å²) in [6, 6.07) is 17.2. The van der Waals surface area contributed by atoms with Crippen molar-refractivity contribution < 1.29 is 36.0 Å². The zero-order valence-electron chi connectivity index (χ0n) is 25.0. The molecule has 1 fully saturated rings. The summed E-state index contributed by atoms with van der Waals surface area (Å²) in [5.74, 6) is 0.00737. The number of rotatable bonds is 8. The Kier molecular flexibility index (Phi) is 10.7. The fraction of sp³-hybridized carbons (Fsp3) is 0.241. The van der Waals surface area contributed by atoms with Gasteiger partial charge in [0.1, 0.15) is 5.84 Å². The Balaban J connectivity index is 1.36. The van der Waals surface area contributed by atoms with E-state index in [4.69, 9.17) is 9.88 Å². The smallest absolute Gasteiger partial charge is 0.409 e. The molecular weight excluding hydrogens is 638 g/mol. The number of methoxy groups -OCH3 is 1. The summed E-state index contributed by atoms with van der Waals surface area (Å²) in [6.45, 7) is 2.88. The summed E-state index contributed by atoms with van der Waals surface area (Å²) < 4.78 is 55.5. The van der Waals surface area contributed by atoms with Gasteiger partial charge in [-0.1, -0.05) is 24.3 Å². The van der Waals surface area contributed by atoms with Crippen molar-refractivity contribution in [1.29, 1.82) is 0 Å². The third-order valence-corrected chi connectivity index (χ3v) is 9.14. The summed E-state index contributed by atoms with van der Waals surface area (Å²) in [5.41, 5.74) is 1.85. The first-order valence-electron chi connectivity index (χ1n) is 13.8. The molecule has 0 saturated carbocycles. The van der Waals surface area contributed by atoms with Crippen LogP contribution < -0.4 is 20.5 Å². The first-order valence-corrected chi connectivity index (χ1v) is 16.8. The zero-order chi connectivity index (χ0) is 33.5. The number of hydrogen-bond acceptors (Lipinski definition) is 8. The monoisotopic (exact) mass is 671 g/mol. The third kappa shape index (κ3) is 9.10. The first kappa shape index (κ1) is 34.0. The Morgan fingerprint density at radius 2 is 1.41 bits per heavy atom. The normalized spacial score (nSPS) is 14.0. The number of nitrogens with two attached hydrogens (primary N) is 1. The van der Waals surface area contributed by atoms with Gasteiger partial charge in [0.15, 0.2) is 0 Å². The minimum absolute atomic E-state index is 0.0444. The minimum atomic E-state index is -3.92. The molecule has 1 aliphatic rings. The van der Waals surface area contributed by atoms with Gasteiger partial charge in [-0.15, -0.1) is 0 Å². The van der Waals surface area contributed by atoms with Crippen LogP contribution in [0, 0.1) is 0 Å². The summed E-state index contributed by atoms with van der Waals surface area (Å²) in [7, 11) is -6.46. The number of piperazine rings is 1. The number of benzene rings is 3. The molecule has 244 valence electrons. The van der Waals surface area contributed by atoms with Crippen molar-refractivity contribution in [2.75, 3.05) is 43.9 Å². The van der Waals surface area contributed by atoms with E-state index in [0.29, 0.717) is 54.5 Å². The molecule has 0 unspecified atom stereocenters. The Hall–Kier alpha value is -4.84. The van der Waals surface area contributed by atoms with Crippen molar-refractivity contribution in [2.45, 2.75) is 23.3 Å². The molecule has 0 aliphatic carbocycles. The van der Waals surface area contributed by atoms with Crippen LogP contribution in [0.3, 0.4) is 0 Å². The predicted molar refractivity (Wildman–Crippen MR) is 170 cm³/mol. The average Bonchev–Trinajstić information content (AvgIpc) is 3.02. The van der Waals surface area contributed by atoms with Crippen LogP contribution in [-0.2, 0) is 36.1 Å². The van der Waals surface area contributed by atoms with E-state index >= 15 is 0 Å². The molecule has 1 aliphatic heterocycles. The van der Waals surface area contributed by atoms with Crippen LogP contribution >= 0.6 is 0 Å². The standard InChI is InChI=1S/C29H33N7O8S2/c1-20(37)32-27(35-14-16-36(17-15-35)29(39)44-2)22-4-3-5-24(18-22)34-28(38)33-23-8-12-26(13-9-23)46(42,43)31-19-21-6-10-25(11-7-21)45(30,40)41/h3-13,18,31H,14-17,19H2,1-2H3,(H2,30,40,41)(H2,33,34,38)/b32-27-. The van der Waals surface area contributed by atoms with Gasteiger partial charge >= 0.3 is 12.1 Å². The van der Waals surface area contributed by atoms with Crippen LogP contribution in [0.2, 0.25) is 0 Å². The second-order valence-corrected chi connectivity index (χ2v) is 13.4. The molecule has 17 heteroatoms. The van der Waals surface area contributed by atoms with Crippen LogP contribution in [0.15, 0.2) is 87.6 Å². The topological polar surface area (TPSA) is 210 Å². The fourth-order valence-electron chi connectivity index (χ4n) is 4.50. The molecule has 1 heterocycles. The number of carbonyl (C=O) groups is 3. The Morgan fingerprint density at radius 3 is 2.00 bits per heavy atom. The maximum absolute atomic E-state index is 12.8. The zero-order valence-corrected chi connectivity index (χ0v) is 26.6. The molecule has 0 radical (unpaired) electrons. The van der Waals surface area contributed by atoms with Gasteiger partial charge in [-0.05, 0) is 54.1 Å². The van der Waals surface area contributed by atoms with E-state index in [1.165, 1.54) is 62.6 Å². The maximum Gasteiger partial charge on any atom is 0.409 e. The first-order chi connectivity index (χ1) is 21.7. The quantitative estimate of drug-likeness (QED) is 0.204. The molecule has 15 nitrogen and oxygen atoms in total. The number of carbonyl (C=O) groups excluding carboxylic acids is 3. The number of amidine groups is 1. The van der Waals surface area contributed by atoms with Gasteiger partial charge in [-0.2, -0.15) is 4.99 Å². The van der Waals surface area contributed by atoms with E-state index < -0.39 is 38.1 Å². The molecule has 0 spiro atoms. The lowest BCUT2D eigenvalue weighted by Gasteiger charge is -2.35. The van der Waals surface area contributed by atoms with Crippen LogP contribution in [0.4, 0.5) is 21.0 Å². The number of amides is 4. The Bertz CT molecular complexity index is 1840. The lowest BCUT2D eigenvalue weighted by molar-refractivity contribution is -0.115. The van der Waals surface area contributed by atoms with Crippen molar-refractivity contribution >= 4 is 55.3 Å². The highest BCUT2D eigenvalue weighted by molar-refractivity contribution is 7.89. The second-order valence-electron chi connectivity index (χ2n) is 10.1. The highest BCUT2D eigenvalue weighted by Crippen LogP contribution is 2.18. The number of sulfonamides is 2. The number of primary sulfonamides is 1. The van der Waals surface area contributed by atoms with Crippen LogP contribution in [0.1, 0.15) is 18.1 Å². The molecule has 5 N–H and O–H groups in total. The maximum atomic E-state index is 12.8. The minimum Gasteiger partial charge on any atom is -0.453 e. The highest BCUT2D eigenvalue weighted by atomic mass is 32.2. The summed E-state index contributed by atoms with van der Waals surface area (Å²) in [4.78, 5) is 44.0. The second kappa shape index (κ2) is 14.5. The largest absolute Gasteiger partial charge is 0.453 e. The van der Waals surface area contributed by atoms with E-state index in [0.717, 1.165) is 0 Å². The van der Waals surface area contributed by atoms with Crippen molar-refractivity contribution in [3.8, 4) is 0 Å². The van der Waals surface area contributed by atoms with Crippen LogP contribution in [-0.4, -0.2) is 83.8 Å². The highest BCUT2D eigenvalue weighted by Gasteiger charge is 2.25. The number of aliphatic imine (C=N–C) groups is 1. The van der Waals surface area contributed by atoms with Crippen molar-refractivity contribution in [1.82, 2.24) is 14.5 Å². The van der Waals surface area contributed by atoms with E-state index in [-0.39, 0.29) is 16.3 Å². The predicted octanol–water partition coefficient (Wildman–Crippen LogP) is 2.13. The number of hydrogen-bond donors (Lipinski definition) is 4. The van der Waals surface area contributed by atoms with Gasteiger partial charge in [-0.25, -0.2) is 36.3 Å². The lowest BCUT2D eigenvalue weighted by atomic mass is 10.1. The number of anilines is 2. The van der Waals surface area contributed by atoms with E-state index in [9.17, 15) is 31.2 Å². The molecule has 3 aromatic carbocycles. The van der Waals surface area contributed by atoms with E-state index in [1.807, 2.05) is 4.90 Å². The molecule has 4 rings (SSSR count). The Morgan fingerprint density at radius 1 is 0.826 bits per heavy atom. The molecule has 3 aromatic rings. The van der Waals surface area contributed by atoms with Gasteiger partial charge in [0, 0.05) is 56.6 Å². The molecular formula is C29H33N7O8S2. The molecule has 4 amide bonds. The van der Waals surface area contributed by atoms with Crippen molar-refractivity contribution in [3.63, 3.8) is 0 Å². The van der Waals surface area contributed by atoms with Gasteiger partial charge in [-0.3, -0.25) is 4.79 Å². The van der Waals surface area contributed by atoms with E-state index in [2.05, 4.69) is 20.3 Å². The molecule has 0 bridgehead atoms. The fourth-order valence-corrected chi connectivity index (χ4v) is 6.04. The van der Waals surface area contributed by atoms with Crippen molar-refractivity contribution in [2.24, 2.45) is 10.1 Å². The molecule has 46 heavy (non-hydrogen) atoms. The average molecular weight is 672 g/mol. The molecule has 1 saturated heterocycles.